The van der Waals surface area contributed by atoms with Crippen LogP contribution in [0.5, 0.6) is 0 Å². The molecule has 1 fully saturated rings. The van der Waals surface area contributed by atoms with Crippen LogP contribution in [0.15, 0.2) is 36.4 Å². The number of rotatable bonds is 5. The lowest BCUT2D eigenvalue weighted by molar-refractivity contribution is -0.132. The van der Waals surface area contributed by atoms with E-state index in [4.69, 9.17) is 5.73 Å². The van der Waals surface area contributed by atoms with Crippen molar-refractivity contribution in [3.05, 3.63) is 47.5 Å². The van der Waals surface area contributed by atoms with E-state index in [9.17, 15) is 14.4 Å². The SMILES string of the molecule is Cl.NCC1CCN(C(=O)CCCN2C(=O)c3cccc4cccc(c34)C2=O)CC1. The summed E-state index contributed by atoms with van der Waals surface area (Å²) < 4.78 is 0. The number of carbonyl (C=O) groups is 3. The molecule has 4 rings (SSSR count). The Bertz CT molecular complexity index is 887. The molecule has 154 valence electrons. The molecule has 6 nitrogen and oxygen atoms in total. The minimum Gasteiger partial charge on any atom is -0.343 e. The Balaban J connectivity index is 0.00000240. The Hall–Kier alpha value is -2.44. The molecule has 0 unspecified atom stereocenters. The number of hydrogen-bond donors (Lipinski definition) is 1. The molecule has 0 aromatic heterocycles. The van der Waals surface area contributed by atoms with Gasteiger partial charge in [-0.25, -0.2) is 0 Å². The predicted octanol–water partition coefficient (Wildman–Crippen LogP) is 2.84. The zero-order valence-corrected chi connectivity index (χ0v) is 17.1. The molecule has 2 N–H and O–H groups in total. The fraction of sp³-hybridized carbons (Fsp3) is 0.409. The molecule has 7 heteroatoms. The average Bonchev–Trinajstić information content (AvgIpc) is 2.74. The Morgan fingerprint density at radius 1 is 1.00 bits per heavy atom. The molecule has 29 heavy (non-hydrogen) atoms. The van der Waals surface area contributed by atoms with Gasteiger partial charge in [0.2, 0.25) is 5.91 Å². The minimum absolute atomic E-state index is 0. The van der Waals surface area contributed by atoms with Crippen molar-refractivity contribution < 1.29 is 14.4 Å². The number of nitrogens with two attached hydrogens (primary N) is 1. The highest BCUT2D eigenvalue weighted by molar-refractivity contribution is 6.25. The summed E-state index contributed by atoms with van der Waals surface area (Å²) in [5.74, 6) is 0.0568. The highest BCUT2D eigenvalue weighted by atomic mass is 35.5. The van der Waals surface area contributed by atoms with Gasteiger partial charge in [-0.05, 0) is 49.2 Å². The second-order valence-electron chi connectivity index (χ2n) is 7.63. The molecule has 2 aliphatic rings. The summed E-state index contributed by atoms with van der Waals surface area (Å²) in [5, 5.41) is 1.63. The maximum absolute atomic E-state index is 12.9. The first-order valence-corrected chi connectivity index (χ1v) is 9.96. The molecule has 2 heterocycles. The Morgan fingerprint density at radius 2 is 1.59 bits per heavy atom. The summed E-state index contributed by atoms with van der Waals surface area (Å²) in [7, 11) is 0. The number of halogens is 1. The van der Waals surface area contributed by atoms with Crippen molar-refractivity contribution in [1.82, 2.24) is 9.80 Å². The fourth-order valence-corrected chi connectivity index (χ4v) is 4.25. The third-order valence-corrected chi connectivity index (χ3v) is 5.93. The van der Waals surface area contributed by atoms with E-state index in [1.165, 1.54) is 4.90 Å². The molecule has 3 amide bonds. The first-order chi connectivity index (χ1) is 13.6. The highest BCUT2D eigenvalue weighted by Gasteiger charge is 2.32. The average molecular weight is 416 g/mol. The molecule has 2 aliphatic heterocycles. The number of nitrogens with zero attached hydrogens (tertiary/aromatic N) is 2. The van der Waals surface area contributed by atoms with E-state index in [0.717, 1.165) is 36.7 Å². The molecule has 0 bridgehead atoms. The molecule has 0 atom stereocenters. The quantitative estimate of drug-likeness (QED) is 0.761. The van der Waals surface area contributed by atoms with Crippen LogP contribution in [0.4, 0.5) is 0 Å². The standard InChI is InChI=1S/C22H25N3O3.ClH/c23-14-15-9-12-24(13-10-15)19(26)8-3-11-25-21(27)17-6-1-4-16-5-2-7-18(20(16)17)22(25)28;/h1-2,4-7,15H,3,8-14,23H2;1H. The van der Waals surface area contributed by atoms with Crippen LogP contribution in [0.3, 0.4) is 0 Å². The normalized spacial score (nSPS) is 16.9. The number of amides is 3. The number of piperidine rings is 1. The Morgan fingerprint density at radius 3 is 2.14 bits per heavy atom. The lowest BCUT2D eigenvalue weighted by Gasteiger charge is -2.32. The molecule has 2 aromatic carbocycles. The van der Waals surface area contributed by atoms with Crippen molar-refractivity contribution in [2.45, 2.75) is 25.7 Å². The first-order valence-electron chi connectivity index (χ1n) is 9.96. The van der Waals surface area contributed by atoms with E-state index in [1.54, 1.807) is 12.1 Å². The summed E-state index contributed by atoms with van der Waals surface area (Å²) in [6.45, 7) is 2.43. The van der Waals surface area contributed by atoms with Crippen LogP contribution in [0.1, 0.15) is 46.4 Å². The topological polar surface area (TPSA) is 83.7 Å². The maximum atomic E-state index is 12.9. The molecular formula is C22H26ClN3O3. The van der Waals surface area contributed by atoms with Gasteiger partial charge in [-0.15, -0.1) is 12.4 Å². The van der Waals surface area contributed by atoms with Crippen LogP contribution in [0.2, 0.25) is 0 Å². The van der Waals surface area contributed by atoms with Crippen molar-refractivity contribution in [2.24, 2.45) is 11.7 Å². The molecular weight excluding hydrogens is 390 g/mol. The van der Waals surface area contributed by atoms with Crippen molar-refractivity contribution >= 4 is 40.9 Å². The lowest BCUT2D eigenvalue weighted by atomic mass is 9.94. The molecule has 0 radical (unpaired) electrons. The summed E-state index contributed by atoms with van der Waals surface area (Å²) in [5.41, 5.74) is 6.82. The van der Waals surface area contributed by atoms with E-state index < -0.39 is 0 Å². The van der Waals surface area contributed by atoms with Gasteiger partial charge in [-0.3, -0.25) is 19.3 Å². The van der Waals surface area contributed by atoms with Crippen molar-refractivity contribution in [1.29, 1.82) is 0 Å². The zero-order chi connectivity index (χ0) is 19.7. The van der Waals surface area contributed by atoms with E-state index >= 15 is 0 Å². The van der Waals surface area contributed by atoms with E-state index in [1.807, 2.05) is 29.2 Å². The number of likely N-dealkylation sites (tertiary alicyclic amines) is 1. The van der Waals surface area contributed by atoms with Gasteiger partial charge >= 0.3 is 0 Å². The van der Waals surface area contributed by atoms with Gasteiger partial charge in [0.15, 0.2) is 0 Å². The van der Waals surface area contributed by atoms with Gasteiger partial charge < -0.3 is 10.6 Å². The maximum Gasteiger partial charge on any atom is 0.261 e. The van der Waals surface area contributed by atoms with E-state index in [0.29, 0.717) is 36.4 Å². The van der Waals surface area contributed by atoms with Crippen molar-refractivity contribution in [3.8, 4) is 0 Å². The van der Waals surface area contributed by atoms with Gasteiger partial charge in [0.05, 0.1) is 0 Å². The van der Waals surface area contributed by atoms with Crippen molar-refractivity contribution in [3.63, 3.8) is 0 Å². The monoisotopic (exact) mass is 415 g/mol. The highest BCUT2D eigenvalue weighted by Crippen LogP contribution is 2.30. The largest absolute Gasteiger partial charge is 0.343 e. The van der Waals surface area contributed by atoms with E-state index in [2.05, 4.69) is 0 Å². The zero-order valence-electron chi connectivity index (χ0n) is 16.3. The summed E-state index contributed by atoms with van der Waals surface area (Å²) in [6, 6.07) is 11.0. The Kier molecular flexibility index (Phi) is 6.55. The van der Waals surface area contributed by atoms with Crippen LogP contribution in [0.25, 0.3) is 10.8 Å². The number of imide groups is 1. The fourth-order valence-electron chi connectivity index (χ4n) is 4.25. The summed E-state index contributed by atoms with van der Waals surface area (Å²) >= 11 is 0. The lowest BCUT2D eigenvalue weighted by Crippen LogP contribution is -2.42. The van der Waals surface area contributed by atoms with Crippen LogP contribution >= 0.6 is 12.4 Å². The van der Waals surface area contributed by atoms with Crippen molar-refractivity contribution in [2.75, 3.05) is 26.2 Å². The van der Waals surface area contributed by atoms with Crippen LogP contribution in [-0.4, -0.2) is 53.7 Å². The van der Waals surface area contributed by atoms with Gasteiger partial charge in [0, 0.05) is 42.6 Å². The third-order valence-electron chi connectivity index (χ3n) is 5.93. The minimum atomic E-state index is -0.273. The number of hydrogen-bond acceptors (Lipinski definition) is 4. The first kappa shape index (κ1) is 21.3. The second kappa shape index (κ2) is 8.93. The second-order valence-corrected chi connectivity index (χ2v) is 7.63. The van der Waals surface area contributed by atoms with Gasteiger partial charge in [0.1, 0.15) is 0 Å². The number of benzene rings is 2. The van der Waals surface area contributed by atoms with Crippen LogP contribution in [0, 0.1) is 5.92 Å². The van der Waals surface area contributed by atoms with Gasteiger partial charge in [-0.1, -0.05) is 24.3 Å². The summed E-state index contributed by atoms with van der Waals surface area (Å²) in [6.07, 6.45) is 2.72. The number of carbonyl (C=O) groups excluding carboxylic acids is 3. The van der Waals surface area contributed by atoms with E-state index in [-0.39, 0.29) is 36.7 Å². The molecule has 0 saturated carbocycles. The van der Waals surface area contributed by atoms with Gasteiger partial charge in [-0.2, -0.15) is 0 Å². The predicted molar refractivity (Wildman–Crippen MR) is 114 cm³/mol. The van der Waals surface area contributed by atoms with Gasteiger partial charge in [0.25, 0.3) is 11.8 Å². The summed E-state index contributed by atoms with van der Waals surface area (Å²) in [4.78, 5) is 41.3. The Labute approximate surface area is 176 Å². The third kappa shape index (κ3) is 4.00. The molecule has 1 saturated heterocycles. The smallest absolute Gasteiger partial charge is 0.261 e. The molecule has 0 aliphatic carbocycles. The molecule has 0 spiro atoms. The molecule has 2 aromatic rings. The van der Waals surface area contributed by atoms with Crippen LogP contribution in [-0.2, 0) is 4.79 Å². The van der Waals surface area contributed by atoms with Crippen LogP contribution < -0.4 is 5.73 Å².